The summed E-state index contributed by atoms with van der Waals surface area (Å²) in [5.74, 6) is -0.304. The van der Waals surface area contributed by atoms with Crippen LogP contribution in [0.4, 0.5) is 4.79 Å². The van der Waals surface area contributed by atoms with Gasteiger partial charge in [0.15, 0.2) is 0 Å². The minimum atomic E-state index is -0.655. The molecule has 0 aliphatic rings. The predicted molar refractivity (Wildman–Crippen MR) is 248 cm³/mol. The molecule has 0 aromatic carbocycles. The van der Waals surface area contributed by atoms with Crippen LogP contribution in [0.2, 0.25) is 0 Å². The third-order valence-corrected chi connectivity index (χ3v) is 11.2. The summed E-state index contributed by atoms with van der Waals surface area (Å²) in [4.78, 5) is 39.3. The Morgan fingerprint density at radius 3 is 1.48 bits per heavy atom. The Kier molecular flexibility index (Phi) is 39.8. The van der Waals surface area contributed by atoms with Crippen LogP contribution in [-0.2, 0) is 23.8 Å². The lowest BCUT2D eigenvalue weighted by Crippen LogP contribution is -2.40. The molecule has 0 rings (SSSR count). The number of aliphatic hydroxyl groups is 2. The maximum atomic E-state index is 12.9. The van der Waals surface area contributed by atoms with Gasteiger partial charge in [0.2, 0.25) is 0 Å². The number of nitrogens with one attached hydrogen (secondary N) is 1. The van der Waals surface area contributed by atoms with Gasteiger partial charge in [-0.2, -0.15) is 0 Å². The Morgan fingerprint density at radius 1 is 0.533 bits per heavy atom. The van der Waals surface area contributed by atoms with Crippen molar-refractivity contribution in [3.05, 3.63) is 0 Å². The van der Waals surface area contributed by atoms with E-state index < -0.39 is 23.9 Å². The minimum absolute atomic E-state index is 0.0283. The molecule has 0 radical (unpaired) electrons. The molecule has 0 aromatic rings. The molecule has 3 N–H and O–H groups in total. The van der Waals surface area contributed by atoms with Gasteiger partial charge < -0.3 is 29.7 Å². The molecule has 10 heteroatoms. The largest absolute Gasteiger partial charge is 0.466 e. The standard InChI is InChI=1S/C50H98N2O8/c1-7-10-13-16-19-20-21-24-30-41-58-47(55)38-31-34-45(54)43-52(40-32-39-51-49(57)60-50(4,5)6)42-44(53)33-26-25-29-37-48(56)59-46(35-27-22-17-14-11-8-2)36-28-23-18-15-12-9-3/h44-46,53-54H,7-43H2,1-6H3,(H,51,57). The van der Waals surface area contributed by atoms with Gasteiger partial charge in [-0.05, 0) is 85.0 Å². The zero-order valence-corrected chi connectivity index (χ0v) is 40.2. The summed E-state index contributed by atoms with van der Waals surface area (Å²) < 4.78 is 16.8. The number of carbonyl (C=O) groups excluding carboxylic acids is 3. The van der Waals surface area contributed by atoms with Crippen LogP contribution < -0.4 is 5.32 Å². The van der Waals surface area contributed by atoms with Crippen LogP contribution in [0.5, 0.6) is 0 Å². The average Bonchev–Trinajstić information content (AvgIpc) is 3.18. The third kappa shape index (κ3) is 41.4. The molecule has 10 nitrogen and oxygen atoms in total. The summed E-state index contributed by atoms with van der Waals surface area (Å²) in [5, 5.41) is 24.7. The maximum Gasteiger partial charge on any atom is 0.407 e. The summed E-state index contributed by atoms with van der Waals surface area (Å²) in [6, 6.07) is 0. The lowest BCUT2D eigenvalue weighted by molar-refractivity contribution is -0.150. The number of nitrogens with zero attached hydrogens (tertiary/aromatic N) is 1. The quantitative estimate of drug-likeness (QED) is 0.0311. The highest BCUT2D eigenvalue weighted by Gasteiger charge is 2.19. The summed E-state index contributed by atoms with van der Waals surface area (Å²) in [7, 11) is 0. The monoisotopic (exact) mass is 855 g/mol. The molecule has 356 valence electrons. The number of aliphatic hydroxyl groups excluding tert-OH is 2. The molecule has 0 aliphatic carbocycles. The normalized spacial score (nSPS) is 12.8. The fourth-order valence-electron chi connectivity index (χ4n) is 7.63. The topological polar surface area (TPSA) is 135 Å². The first-order valence-corrected chi connectivity index (χ1v) is 25.3. The van der Waals surface area contributed by atoms with Crippen LogP contribution in [0.3, 0.4) is 0 Å². The van der Waals surface area contributed by atoms with E-state index in [1.54, 1.807) is 0 Å². The predicted octanol–water partition coefficient (Wildman–Crippen LogP) is 12.5. The van der Waals surface area contributed by atoms with E-state index in [0.29, 0.717) is 64.9 Å². The van der Waals surface area contributed by atoms with Crippen LogP contribution in [0, 0.1) is 0 Å². The molecule has 2 atom stereocenters. The first-order valence-electron chi connectivity index (χ1n) is 25.3. The number of unbranched alkanes of at least 4 members (excludes halogenated alkanes) is 20. The molecule has 1 amide bonds. The highest BCUT2D eigenvalue weighted by Crippen LogP contribution is 2.19. The van der Waals surface area contributed by atoms with E-state index >= 15 is 0 Å². The van der Waals surface area contributed by atoms with Crippen molar-refractivity contribution in [2.75, 3.05) is 32.8 Å². The highest BCUT2D eigenvalue weighted by atomic mass is 16.6. The summed E-state index contributed by atoms with van der Waals surface area (Å²) in [6.45, 7) is 14.4. The van der Waals surface area contributed by atoms with Crippen LogP contribution >= 0.6 is 0 Å². The van der Waals surface area contributed by atoms with Gasteiger partial charge in [-0.25, -0.2) is 4.79 Å². The number of alkyl carbamates (subject to hydrolysis) is 1. The van der Waals surface area contributed by atoms with Gasteiger partial charge in [0, 0.05) is 39.0 Å². The van der Waals surface area contributed by atoms with Gasteiger partial charge in [-0.1, -0.05) is 149 Å². The summed E-state index contributed by atoms with van der Waals surface area (Å²) in [5.41, 5.74) is -0.576. The molecule has 0 fully saturated rings. The zero-order chi connectivity index (χ0) is 44.5. The number of esters is 2. The third-order valence-electron chi connectivity index (χ3n) is 11.2. The second-order valence-electron chi connectivity index (χ2n) is 18.6. The Morgan fingerprint density at radius 2 is 0.967 bits per heavy atom. The van der Waals surface area contributed by atoms with Crippen LogP contribution in [0.25, 0.3) is 0 Å². The fraction of sp³-hybridized carbons (Fsp3) is 0.940. The van der Waals surface area contributed by atoms with Crippen molar-refractivity contribution in [2.45, 2.75) is 271 Å². The molecule has 0 saturated carbocycles. The highest BCUT2D eigenvalue weighted by molar-refractivity contribution is 5.69. The lowest BCUT2D eigenvalue weighted by atomic mass is 10.0. The Bertz CT molecular complexity index is 974. The minimum Gasteiger partial charge on any atom is -0.466 e. The van der Waals surface area contributed by atoms with Gasteiger partial charge in [0.05, 0.1) is 18.8 Å². The van der Waals surface area contributed by atoms with E-state index in [-0.39, 0.29) is 24.5 Å². The number of amides is 1. The molecule has 0 bridgehead atoms. The number of hydrogen-bond donors (Lipinski definition) is 3. The van der Waals surface area contributed by atoms with Crippen molar-refractivity contribution in [3.63, 3.8) is 0 Å². The number of carbonyl (C=O) groups is 3. The molecular formula is C50H98N2O8. The van der Waals surface area contributed by atoms with Crippen LogP contribution in [0.15, 0.2) is 0 Å². The van der Waals surface area contributed by atoms with Gasteiger partial charge in [-0.3, -0.25) is 14.5 Å². The SMILES string of the molecule is CCCCCCCCCCCOC(=O)CCCC(O)CN(CCCNC(=O)OC(C)(C)C)CC(O)CCCCCC(=O)OC(CCCCCCCC)CCCCCCCC. The van der Waals surface area contributed by atoms with Gasteiger partial charge in [-0.15, -0.1) is 0 Å². The molecule has 2 unspecified atom stereocenters. The molecule has 0 aliphatic heterocycles. The Labute approximate surface area is 369 Å². The van der Waals surface area contributed by atoms with E-state index in [1.807, 2.05) is 25.7 Å². The van der Waals surface area contributed by atoms with Gasteiger partial charge >= 0.3 is 18.0 Å². The number of rotatable bonds is 43. The molecular weight excluding hydrogens is 757 g/mol. The van der Waals surface area contributed by atoms with E-state index in [4.69, 9.17) is 14.2 Å². The smallest absolute Gasteiger partial charge is 0.407 e. The van der Waals surface area contributed by atoms with Crippen molar-refractivity contribution in [1.29, 1.82) is 0 Å². The van der Waals surface area contributed by atoms with Crippen molar-refractivity contribution < 1.29 is 38.8 Å². The van der Waals surface area contributed by atoms with Crippen molar-refractivity contribution in [1.82, 2.24) is 10.2 Å². The lowest BCUT2D eigenvalue weighted by Gasteiger charge is -2.27. The second-order valence-corrected chi connectivity index (χ2v) is 18.6. The van der Waals surface area contributed by atoms with Crippen LogP contribution in [0.1, 0.15) is 247 Å². The second kappa shape index (κ2) is 41.1. The van der Waals surface area contributed by atoms with E-state index in [1.165, 1.54) is 109 Å². The summed E-state index contributed by atoms with van der Waals surface area (Å²) in [6.07, 6.45) is 31.4. The molecule has 0 spiro atoms. The Balaban J connectivity index is 4.71. The molecule has 0 heterocycles. The van der Waals surface area contributed by atoms with Crippen molar-refractivity contribution in [3.8, 4) is 0 Å². The fourth-order valence-corrected chi connectivity index (χ4v) is 7.63. The number of ether oxygens (including phenoxy) is 3. The zero-order valence-electron chi connectivity index (χ0n) is 40.2. The average molecular weight is 855 g/mol. The Hall–Kier alpha value is -1.91. The maximum absolute atomic E-state index is 12.9. The molecule has 60 heavy (non-hydrogen) atoms. The first-order chi connectivity index (χ1) is 28.9. The van der Waals surface area contributed by atoms with Gasteiger partial charge in [0.1, 0.15) is 11.7 Å². The van der Waals surface area contributed by atoms with E-state index in [9.17, 15) is 24.6 Å². The van der Waals surface area contributed by atoms with E-state index in [0.717, 1.165) is 57.8 Å². The molecule has 0 saturated heterocycles. The number of hydrogen-bond acceptors (Lipinski definition) is 9. The van der Waals surface area contributed by atoms with Crippen LogP contribution in [-0.4, -0.2) is 89.8 Å². The van der Waals surface area contributed by atoms with Crippen molar-refractivity contribution >= 4 is 18.0 Å². The van der Waals surface area contributed by atoms with Gasteiger partial charge in [0.25, 0.3) is 0 Å². The van der Waals surface area contributed by atoms with Crippen molar-refractivity contribution in [2.24, 2.45) is 0 Å². The van der Waals surface area contributed by atoms with E-state index in [2.05, 4.69) is 26.1 Å². The summed E-state index contributed by atoms with van der Waals surface area (Å²) >= 11 is 0. The molecule has 0 aromatic heterocycles. The first kappa shape index (κ1) is 58.1.